The monoisotopic (exact) mass is 169 g/mol. The van der Waals surface area contributed by atoms with Crippen LogP contribution in [0.2, 0.25) is 0 Å². The fraction of sp³-hybridized carbons (Fsp3) is 0.800. The lowest BCUT2D eigenvalue weighted by Gasteiger charge is -2.24. The largest absolute Gasteiger partial charge is 0.389 e. The van der Waals surface area contributed by atoms with Crippen molar-refractivity contribution < 1.29 is 5.11 Å². The molecule has 12 heavy (non-hydrogen) atoms. The minimum atomic E-state index is -0.259. The van der Waals surface area contributed by atoms with Crippen LogP contribution in [-0.4, -0.2) is 23.8 Å². The van der Waals surface area contributed by atoms with Crippen LogP contribution in [0.25, 0.3) is 0 Å². The Balaban J connectivity index is 2.19. The van der Waals surface area contributed by atoms with E-state index in [-0.39, 0.29) is 6.10 Å². The highest BCUT2D eigenvalue weighted by molar-refractivity contribution is 4.88. The molecule has 1 heterocycles. The number of aliphatic hydroxyl groups is 1. The van der Waals surface area contributed by atoms with E-state index in [2.05, 4.69) is 5.32 Å². The average molecular weight is 169 g/mol. The number of hydrogen-bond donors (Lipinski definition) is 2. The maximum Gasteiger partial charge on any atom is 0.0735 e. The third kappa shape index (κ3) is 3.37. The Kier molecular flexibility index (Phi) is 4.33. The van der Waals surface area contributed by atoms with Crippen molar-refractivity contribution >= 4 is 0 Å². The van der Waals surface area contributed by atoms with Gasteiger partial charge in [-0.2, -0.15) is 0 Å². The van der Waals surface area contributed by atoms with E-state index in [1.54, 1.807) is 0 Å². The molecular weight excluding hydrogens is 150 g/mol. The Morgan fingerprint density at radius 2 is 2.42 bits per heavy atom. The lowest BCUT2D eigenvalue weighted by Crippen LogP contribution is -2.36. The first-order chi connectivity index (χ1) is 5.83. The van der Waals surface area contributed by atoms with E-state index < -0.39 is 0 Å². The molecule has 0 amide bonds. The SMILES string of the molecule is CC=CC(O)CC1CCCCN1. The van der Waals surface area contributed by atoms with Crippen LogP contribution in [0.4, 0.5) is 0 Å². The van der Waals surface area contributed by atoms with Gasteiger partial charge in [-0.3, -0.25) is 0 Å². The average Bonchev–Trinajstić information content (AvgIpc) is 2.06. The van der Waals surface area contributed by atoms with Gasteiger partial charge in [-0.05, 0) is 32.7 Å². The first kappa shape index (κ1) is 9.75. The van der Waals surface area contributed by atoms with Crippen LogP contribution in [0.1, 0.15) is 32.6 Å². The van der Waals surface area contributed by atoms with Gasteiger partial charge in [0.25, 0.3) is 0 Å². The summed E-state index contributed by atoms with van der Waals surface area (Å²) in [5, 5.41) is 12.9. The Morgan fingerprint density at radius 1 is 1.58 bits per heavy atom. The molecule has 0 aromatic carbocycles. The van der Waals surface area contributed by atoms with Crippen LogP contribution in [0.15, 0.2) is 12.2 Å². The van der Waals surface area contributed by atoms with Crippen molar-refractivity contribution in [3.63, 3.8) is 0 Å². The molecule has 0 aliphatic carbocycles. The summed E-state index contributed by atoms with van der Waals surface area (Å²) in [6.07, 6.45) is 8.18. The maximum atomic E-state index is 9.47. The zero-order chi connectivity index (χ0) is 8.81. The zero-order valence-corrected chi connectivity index (χ0v) is 7.79. The van der Waals surface area contributed by atoms with Gasteiger partial charge in [0, 0.05) is 6.04 Å². The van der Waals surface area contributed by atoms with Crippen molar-refractivity contribution in [1.82, 2.24) is 5.32 Å². The van der Waals surface area contributed by atoms with Crippen LogP contribution in [-0.2, 0) is 0 Å². The van der Waals surface area contributed by atoms with Gasteiger partial charge >= 0.3 is 0 Å². The first-order valence-corrected chi connectivity index (χ1v) is 4.87. The molecule has 1 aliphatic rings. The van der Waals surface area contributed by atoms with Crippen LogP contribution >= 0.6 is 0 Å². The number of hydrogen-bond acceptors (Lipinski definition) is 2. The molecule has 0 aromatic rings. The Bertz CT molecular complexity index is 139. The van der Waals surface area contributed by atoms with E-state index in [9.17, 15) is 5.11 Å². The van der Waals surface area contributed by atoms with Gasteiger partial charge in [0.05, 0.1) is 6.10 Å². The summed E-state index contributed by atoms with van der Waals surface area (Å²) in [5.74, 6) is 0. The number of nitrogens with one attached hydrogen (secondary N) is 1. The van der Waals surface area contributed by atoms with Crippen LogP contribution in [0.5, 0.6) is 0 Å². The second kappa shape index (κ2) is 5.33. The number of aliphatic hydroxyl groups excluding tert-OH is 1. The molecule has 0 aromatic heterocycles. The highest BCUT2D eigenvalue weighted by Gasteiger charge is 2.14. The molecular formula is C10H19NO. The molecule has 1 saturated heterocycles. The fourth-order valence-electron chi connectivity index (χ4n) is 1.72. The normalized spacial score (nSPS) is 27.7. The Labute approximate surface area is 74.7 Å². The molecule has 0 spiro atoms. The lowest BCUT2D eigenvalue weighted by molar-refractivity contribution is 0.185. The smallest absolute Gasteiger partial charge is 0.0735 e. The molecule has 2 nitrogen and oxygen atoms in total. The lowest BCUT2D eigenvalue weighted by atomic mass is 9.99. The summed E-state index contributed by atoms with van der Waals surface area (Å²) >= 11 is 0. The molecule has 0 bridgehead atoms. The van der Waals surface area contributed by atoms with Gasteiger partial charge in [-0.25, -0.2) is 0 Å². The van der Waals surface area contributed by atoms with Crippen molar-refractivity contribution in [1.29, 1.82) is 0 Å². The van der Waals surface area contributed by atoms with Crippen molar-refractivity contribution in [3.05, 3.63) is 12.2 Å². The Morgan fingerprint density at radius 3 is 3.00 bits per heavy atom. The highest BCUT2D eigenvalue weighted by atomic mass is 16.3. The number of allylic oxidation sites excluding steroid dienone is 1. The second-order valence-electron chi connectivity index (χ2n) is 3.48. The number of piperidine rings is 1. The third-order valence-corrected chi connectivity index (χ3v) is 2.35. The standard InChI is InChI=1S/C10H19NO/c1-2-5-10(12)8-9-6-3-4-7-11-9/h2,5,9-12H,3-4,6-8H2,1H3. The fourth-order valence-corrected chi connectivity index (χ4v) is 1.72. The Hall–Kier alpha value is -0.340. The van der Waals surface area contributed by atoms with E-state index in [0.29, 0.717) is 6.04 Å². The van der Waals surface area contributed by atoms with Crippen molar-refractivity contribution in [2.45, 2.75) is 44.8 Å². The van der Waals surface area contributed by atoms with E-state index in [0.717, 1.165) is 13.0 Å². The van der Waals surface area contributed by atoms with Crippen molar-refractivity contribution in [2.24, 2.45) is 0 Å². The van der Waals surface area contributed by atoms with Crippen molar-refractivity contribution in [3.8, 4) is 0 Å². The minimum Gasteiger partial charge on any atom is -0.389 e. The molecule has 1 rings (SSSR count). The molecule has 1 aliphatic heterocycles. The third-order valence-electron chi connectivity index (χ3n) is 2.35. The molecule has 1 fully saturated rings. The van der Waals surface area contributed by atoms with E-state index in [1.807, 2.05) is 19.1 Å². The predicted octanol–water partition coefficient (Wildman–Crippen LogP) is 1.46. The van der Waals surface area contributed by atoms with Crippen LogP contribution in [0, 0.1) is 0 Å². The predicted molar refractivity (Wildman–Crippen MR) is 51.1 cm³/mol. The summed E-state index contributed by atoms with van der Waals surface area (Å²) < 4.78 is 0. The van der Waals surface area contributed by atoms with Crippen LogP contribution < -0.4 is 5.32 Å². The molecule has 2 heteroatoms. The summed E-state index contributed by atoms with van der Waals surface area (Å²) in [5.41, 5.74) is 0. The van der Waals surface area contributed by atoms with Gasteiger partial charge in [-0.15, -0.1) is 0 Å². The molecule has 70 valence electrons. The minimum absolute atomic E-state index is 0.259. The van der Waals surface area contributed by atoms with Gasteiger partial charge in [0.2, 0.25) is 0 Å². The summed E-state index contributed by atoms with van der Waals surface area (Å²) in [6.45, 7) is 3.06. The molecule has 2 unspecified atom stereocenters. The molecule has 2 atom stereocenters. The quantitative estimate of drug-likeness (QED) is 0.627. The topological polar surface area (TPSA) is 32.3 Å². The van der Waals surface area contributed by atoms with Gasteiger partial charge in [0.1, 0.15) is 0 Å². The van der Waals surface area contributed by atoms with Crippen molar-refractivity contribution in [2.75, 3.05) is 6.54 Å². The summed E-state index contributed by atoms with van der Waals surface area (Å²) in [6, 6.07) is 0.532. The van der Waals surface area contributed by atoms with Crippen LogP contribution in [0.3, 0.4) is 0 Å². The zero-order valence-electron chi connectivity index (χ0n) is 7.79. The maximum absolute atomic E-state index is 9.47. The molecule has 0 saturated carbocycles. The first-order valence-electron chi connectivity index (χ1n) is 4.87. The molecule has 2 N–H and O–H groups in total. The van der Waals surface area contributed by atoms with E-state index in [1.165, 1.54) is 19.3 Å². The van der Waals surface area contributed by atoms with Gasteiger partial charge in [-0.1, -0.05) is 18.6 Å². The summed E-state index contributed by atoms with van der Waals surface area (Å²) in [7, 11) is 0. The summed E-state index contributed by atoms with van der Waals surface area (Å²) in [4.78, 5) is 0. The molecule has 0 radical (unpaired) electrons. The highest BCUT2D eigenvalue weighted by Crippen LogP contribution is 2.12. The van der Waals surface area contributed by atoms with E-state index >= 15 is 0 Å². The number of rotatable bonds is 3. The van der Waals surface area contributed by atoms with Gasteiger partial charge < -0.3 is 10.4 Å². The van der Waals surface area contributed by atoms with Gasteiger partial charge in [0.15, 0.2) is 0 Å². The van der Waals surface area contributed by atoms with E-state index in [4.69, 9.17) is 0 Å². The second-order valence-corrected chi connectivity index (χ2v) is 3.48.